The summed E-state index contributed by atoms with van der Waals surface area (Å²) in [5.74, 6) is 0.415. The van der Waals surface area contributed by atoms with Crippen LogP contribution in [0.1, 0.15) is 10.4 Å². The Balaban J connectivity index is 2.04. The summed E-state index contributed by atoms with van der Waals surface area (Å²) in [6.07, 6.45) is 0. The number of likely N-dealkylation sites (N-methyl/N-ethyl adjacent to an activating group) is 1. The van der Waals surface area contributed by atoms with Crippen molar-refractivity contribution in [1.82, 2.24) is 4.90 Å². The molecule has 0 fully saturated rings. The van der Waals surface area contributed by atoms with Crippen molar-refractivity contribution >= 4 is 29.1 Å². The van der Waals surface area contributed by atoms with Crippen molar-refractivity contribution in [2.24, 2.45) is 0 Å². The fourth-order valence-corrected chi connectivity index (χ4v) is 2.40. The number of hydrogen-bond donors (Lipinski definition) is 1. The van der Waals surface area contributed by atoms with Crippen LogP contribution < -0.4 is 14.8 Å². The molecule has 0 bridgehead atoms. The van der Waals surface area contributed by atoms with Gasteiger partial charge < -0.3 is 19.7 Å². The van der Waals surface area contributed by atoms with Gasteiger partial charge in [-0.3, -0.25) is 9.59 Å². The lowest BCUT2D eigenvalue weighted by Crippen LogP contribution is -2.35. The van der Waals surface area contributed by atoms with E-state index in [9.17, 15) is 9.59 Å². The summed E-state index contributed by atoms with van der Waals surface area (Å²) in [4.78, 5) is 26.0. The molecule has 1 N–H and O–H groups in total. The smallest absolute Gasteiger partial charge is 0.254 e. The van der Waals surface area contributed by atoms with E-state index < -0.39 is 0 Å². The maximum absolute atomic E-state index is 12.4. The van der Waals surface area contributed by atoms with E-state index in [1.165, 1.54) is 19.1 Å². The molecule has 132 valence electrons. The molecule has 2 aromatic carbocycles. The number of amides is 2. The quantitative estimate of drug-likeness (QED) is 0.857. The Morgan fingerprint density at radius 2 is 1.88 bits per heavy atom. The van der Waals surface area contributed by atoms with Gasteiger partial charge in [0, 0.05) is 17.6 Å². The third kappa shape index (κ3) is 4.87. The van der Waals surface area contributed by atoms with E-state index in [2.05, 4.69) is 5.32 Å². The van der Waals surface area contributed by atoms with Crippen molar-refractivity contribution < 1.29 is 19.1 Å². The maximum atomic E-state index is 12.4. The second-order valence-electron chi connectivity index (χ2n) is 5.29. The average molecular weight is 363 g/mol. The summed E-state index contributed by atoms with van der Waals surface area (Å²) < 4.78 is 10.3. The SMILES string of the molecule is COc1cccc(C(=O)N(C)CC(=O)Nc2cc(Cl)ccc2OC)c1. The maximum Gasteiger partial charge on any atom is 0.254 e. The van der Waals surface area contributed by atoms with Crippen LogP contribution in [-0.4, -0.2) is 44.5 Å². The molecule has 0 aliphatic carbocycles. The molecule has 6 nitrogen and oxygen atoms in total. The molecule has 2 rings (SSSR count). The highest BCUT2D eigenvalue weighted by molar-refractivity contribution is 6.31. The second-order valence-corrected chi connectivity index (χ2v) is 5.72. The largest absolute Gasteiger partial charge is 0.497 e. The summed E-state index contributed by atoms with van der Waals surface area (Å²) in [6, 6.07) is 11.7. The molecule has 0 aliphatic heterocycles. The normalized spacial score (nSPS) is 10.1. The van der Waals surface area contributed by atoms with Crippen molar-refractivity contribution in [3.63, 3.8) is 0 Å². The lowest BCUT2D eigenvalue weighted by molar-refractivity contribution is -0.116. The summed E-state index contributed by atoms with van der Waals surface area (Å²) in [6.45, 7) is -0.119. The van der Waals surface area contributed by atoms with Crippen molar-refractivity contribution in [2.75, 3.05) is 33.1 Å². The van der Waals surface area contributed by atoms with Gasteiger partial charge in [-0.15, -0.1) is 0 Å². The van der Waals surface area contributed by atoms with Crippen LogP contribution in [0.2, 0.25) is 5.02 Å². The number of methoxy groups -OCH3 is 2. The monoisotopic (exact) mass is 362 g/mol. The van der Waals surface area contributed by atoms with Crippen LogP contribution >= 0.6 is 11.6 Å². The third-order valence-corrected chi connectivity index (χ3v) is 3.71. The minimum Gasteiger partial charge on any atom is -0.497 e. The first-order chi connectivity index (χ1) is 11.9. The number of nitrogens with one attached hydrogen (secondary N) is 1. The first-order valence-corrected chi connectivity index (χ1v) is 7.85. The number of carbonyl (C=O) groups is 2. The van der Waals surface area contributed by atoms with E-state index in [0.29, 0.717) is 27.8 Å². The molecule has 0 spiro atoms. The molecule has 0 aliphatic rings. The van der Waals surface area contributed by atoms with E-state index >= 15 is 0 Å². The summed E-state index contributed by atoms with van der Waals surface area (Å²) in [7, 11) is 4.58. The zero-order valence-electron chi connectivity index (χ0n) is 14.2. The molecular formula is C18H19ClN2O4. The molecular weight excluding hydrogens is 344 g/mol. The van der Waals surface area contributed by atoms with Gasteiger partial charge in [0.25, 0.3) is 5.91 Å². The van der Waals surface area contributed by atoms with Gasteiger partial charge in [0.1, 0.15) is 11.5 Å². The predicted molar refractivity (Wildman–Crippen MR) is 96.6 cm³/mol. The molecule has 0 unspecified atom stereocenters. The van der Waals surface area contributed by atoms with Crippen molar-refractivity contribution in [1.29, 1.82) is 0 Å². The number of rotatable bonds is 6. The lowest BCUT2D eigenvalue weighted by Gasteiger charge is -2.18. The van der Waals surface area contributed by atoms with Crippen molar-refractivity contribution in [3.05, 3.63) is 53.1 Å². The highest BCUT2D eigenvalue weighted by atomic mass is 35.5. The Labute approximate surface area is 151 Å². The number of nitrogens with zero attached hydrogens (tertiary/aromatic N) is 1. The predicted octanol–water partition coefficient (Wildman–Crippen LogP) is 3.07. The second kappa shape index (κ2) is 8.39. The minimum absolute atomic E-state index is 0.119. The molecule has 0 saturated heterocycles. The summed E-state index contributed by atoms with van der Waals surface area (Å²) >= 11 is 5.94. The Bertz CT molecular complexity index is 779. The average Bonchev–Trinajstić information content (AvgIpc) is 2.61. The van der Waals surface area contributed by atoms with Crippen LogP contribution in [0.5, 0.6) is 11.5 Å². The van der Waals surface area contributed by atoms with Crippen LogP contribution in [-0.2, 0) is 4.79 Å². The molecule has 0 saturated carbocycles. The van der Waals surface area contributed by atoms with Crippen molar-refractivity contribution in [3.8, 4) is 11.5 Å². The van der Waals surface area contributed by atoms with Gasteiger partial charge in [-0.1, -0.05) is 17.7 Å². The van der Waals surface area contributed by atoms with Gasteiger partial charge in [-0.2, -0.15) is 0 Å². The van der Waals surface area contributed by atoms with Crippen LogP contribution in [0.3, 0.4) is 0 Å². The fraction of sp³-hybridized carbons (Fsp3) is 0.222. The fourth-order valence-electron chi connectivity index (χ4n) is 2.23. The highest BCUT2D eigenvalue weighted by Gasteiger charge is 2.16. The summed E-state index contributed by atoms with van der Waals surface area (Å²) in [5.41, 5.74) is 0.886. The Morgan fingerprint density at radius 1 is 1.12 bits per heavy atom. The Kier molecular flexibility index (Phi) is 6.25. The van der Waals surface area contributed by atoms with E-state index in [1.54, 1.807) is 49.5 Å². The van der Waals surface area contributed by atoms with Crippen LogP contribution in [0.4, 0.5) is 5.69 Å². The number of benzene rings is 2. The molecule has 25 heavy (non-hydrogen) atoms. The van der Waals surface area contributed by atoms with Crippen LogP contribution in [0, 0.1) is 0 Å². The van der Waals surface area contributed by atoms with Gasteiger partial charge in [-0.25, -0.2) is 0 Å². The highest BCUT2D eigenvalue weighted by Crippen LogP contribution is 2.27. The van der Waals surface area contributed by atoms with Gasteiger partial charge >= 0.3 is 0 Å². The molecule has 0 aromatic heterocycles. The van der Waals surface area contributed by atoms with E-state index in [0.717, 1.165) is 0 Å². The van der Waals surface area contributed by atoms with Crippen molar-refractivity contribution in [2.45, 2.75) is 0 Å². The molecule has 0 atom stereocenters. The summed E-state index contributed by atoms with van der Waals surface area (Å²) in [5, 5.41) is 3.16. The first-order valence-electron chi connectivity index (χ1n) is 7.47. The van der Waals surface area contributed by atoms with Gasteiger partial charge in [0.15, 0.2) is 0 Å². The zero-order chi connectivity index (χ0) is 18.4. The number of hydrogen-bond acceptors (Lipinski definition) is 4. The van der Waals surface area contributed by atoms with Crippen LogP contribution in [0.15, 0.2) is 42.5 Å². The molecule has 0 radical (unpaired) electrons. The molecule has 2 aromatic rings. The topological polar surface area (TPSA) is 67.9 Å². The third-order valence-electron chi connectivity index (χ3n) is 3.48. The Morgan fingerprint density at radius 3 is 2.56 bits per heavy atom. The molecule has 2 amide bonds. The van der Waals surface area contributed by atoms with Gasteiger partial charge in [0.2, 0.25) is 5.91 Å². The van der Waals surface area contributed by atoms with Gasteiger partial charge in [0.05, 0.1) is 26.5 Å². The van der Waals surface area contributed by atoms with E-state index in [1.807, 2.05) is 0 Å². The minimum atomic E-state index is -0.362. The number of anilines is 1. The Hall–Kier alpha value is -2.73. The van der Waals surface area contributed by atoms with E-state index in [4.69, 9.17) is 21.1 Å². The number of halogens is 1. The van der Waals surface area contributed by atoms with Gasteiger partial charge in [-0.05, 0) is 36.4 Å². The number of carbonyl (C=O) groups excluding carboxylic acids is 2. The van der Waals surface area contributed by atoms with E-state index in [-0.39, 0.29) is 18.4 Å². The van der Waals surface area contributed by atoms with Crippen LogP contribution in [0.25, 0.3) is 0 Å². The first kappa shape index (κ1) is 18.6. The molecule has 0 heterocycles. The zero-order valence-corrected chi connectivity index (χ0v) is 15.0. The standard InChI is InChI=1S/C18H19ClN2O4/c1-21(18(23)12-5-4-6-14(9-12)24-2)11-17(22)20-15-10-13(19)7-8-16(15)25-3/h4-10H,11H2,1-3H3,(H,20,22). The molecule has 7 heteroatoms. The number of ether oxygens (including phenoxy) is 2. The lowest BCUT2D eigenvalue weighted by atomic mass is 10.2.